The molecule has 0 radical (unpaired) electrons. The Labute approximate surface area is 137 Å². The number of nitrogens with zero attached hydrogens (tertiary/aromatic N) is 1. The normalized spacial score (nSPS) is 15.3. The molecule has 1 aliphatic heterocycles. The number of rotatable bonds is 5. The minimum atomic E-state index is -0.0176. The van der Waals surface area contributed by atoms with E-state index in [4.69, 9.17) is 0 Å². The van der Waals surface area contributed by atoms with Gasteiger partial charge in [-0.05, 0) is 23.3 Å². The van der Waals surface area contributed by atoms with Crippen LogP contribution < -0.4 is 10.6 Å². The fourth-order valence-electron chi connectivity index (χ4n) is 2.82. The van der Waals surface area contributed by atoms with E-state index in [0.717, 1.165) is 43.9 Å². The summed E-state index contributed by atoms with van der Waals surface area (Å²) in [5.74, 6) is -0.0176. The van der Waals surface area contributed by atoms with Gasteiger partial charge in [-0.25, -0.2) is 0 Å². The van der Waals surface area contributed by atoms with Crippen molar-refractivity contribution in [3.8, 4) is 0 Å². The van der Waals surface area contributed by atoms with Gasteiger partial charge in [-0.15, -0.1) is 0 Å². The highest BCUT2D eigenvalue weighted by atomic mass is 16.1. The summed E-state index contributed by atoms with van der Waals surface area (Å²) in [4.78, 5) is 14.7. The highest BCUT2D eigenvalue weighted by molar-refractivity contribution is 5.94. The van der Waals surface area contributed by atoms with Gasteiger partial charge in [0.25, 0.3) is 5.91 Å². The van der Waals surface area contributed by atoms with E-state index in [1.54, 1.807) is 0 Å². The van der Waals surface area contributed by atoms with Crippen molar-refractivity contribution in [2.45, 2.75) is 13.1 Å². The molecule has 0 atom stereocenters. The smallest absolute Gasteiger partial charge is 0.251 e. The van der Waals surface area contributed by atoms with Crippen molar-refractivity contribution in [2.24, 2.45) is 0 Å². The van der Waals surface area contributed by atoms with E-state index in [1.165, 1.54) is 5.56 Å². The molecular weight excluding hydrogens is 286 g/mol. The lowest BCUT2D eigenvalue weighted by molar-refractivity contribution is 0.0950. The fourth-order valence-corrected chi connectivity index (χ4v) is 2.82. The largest absolute Gasteiger partial charge is 0.348 e. The summed E-state index contributed by atoms with van der Waals surface area (Å²) in [6.45, 7) is 5.66. The van der Waals surface area contributed by atoms with Gasteiger partial charge in [0.05, 0.1) is 0 Å². The third-order valence-electron chi connectivity index (χ3n) is 4.10. The molecule has 3 rings (SSSR count). The SMILES string of the molecule is O=C(NCc1ccccc1)c1cccc(CN2CCNCC2)c1. The molecule has 0 unspecified atom stereocenters. The highest BCUT2D eigenvalue weighted by Crippen LogP contribution is 2.09. The molecule has 0 spiro atoms. The van der Waals surface area contributed by atoms with Gasteiger partial charge in [0.2, 0.25) is 0 Å². The topological polar surface area (TPSA) is 44.4 Å². The number of carbonyl (C=O) groups is 1. The van der Waals surface area contributed by atoms with Crippen LogP contribution in [-0.2, 0) is 13.1 Å². The molecule has 1 saturated heterocycles. The van der Waals surface area contributed by atoms with Crippen LogP contribution in [0.15, 0.2) is 54.6 Å². The summed E-state index contributed by atoms with van der Waals surface area (Å²) in [5.41, 5.74) is 3.03. The van der Waals surface area contributed by atoms with Gasteiger partial charge < -0.3 is 10.6 Å². The molecule has 1 aliphatic rings. The summed E-state index contributed by atoms with van der Waals surface area (Å²) in [5, 5.41) is 6.34. The predicted molar refractivity (Wildman–Crippen MR) is 92.2 cm³/mol. The van der Waals surface area contributed by atoms with Crippen LogP contribution in [0.1, 0.15) is 21.5 Å². The highest BCUT2D eigenvalue weighted by Gasteiger charge is 2.11. The molecule has 1 amide bonds. The van der Waals surface area contributed by atoms with Crippen molar-refractivity contribution in [2.75, 3.05) is 26.2 Å². The van der Waals surface area contributed by atoms with Crippen molar-refractivity contribution in [3.05, 3.63) is 71.3 Å². The number of nitrogens with one attached hydrogen (secondary N) is 2. The van der Waals surface area contributed by atoms with E-state index in [2.05, 4.69) is 21.6 Å². The zero-order chi connectivity index (χ0) is 15.9. The molecule has 4 heteroatoms. The molecule has 120 valence electrons. The van der Waals surface area contributed by atoms with Crippen molar-refractivity contribution in [3.63, 3.8) is 0 Å². The van der Waals surface area contributed by atoms with Crippen LogP contribution in [0, 0.1) is 0 Å². The Balaban J connectivity index is 1.58. The maximum absolute atomic E-state index is 12.3. The fraction of sp³-hybridized carbons (Fsp3) is 0.316. The van der Waals surface area contributed by atoms with Crippen molar-refractivity contribution < 1.29 is 4.79 Å². The molecule has 0 aliphatic carbocycles. The third-order valence-corrected chi connectivity index (χ3v) is 4.10. The second-order valence-electron chi connectivity index (χ2n) is 5.89. The van der Waals surface area contributed by atoms with Crippen molar-refractivity contribution in [1.29, 1.82) is 0 Å². The maximum atomic E-state index is 12.3. The Morgan fingerprint density at radius 3 is 2.52 bits per heavy atom. The van der Waals surface area contributed by atoms with E-state index in [9.17, 15) is 4.79 Å². The average Bonchev–Trinajstić information content (AvgIpc) is 2.62. The Hall–Kier alpha value is -2.17. The molecule has 2 aromatic carbocycles. The molecule has 1 fully saturated rings. The predicted octanol–water partition coefficient (Wildman–Crippen LogP) is 2.02. The van der Waals surface area contributed by atoms with Gasteiger partial charge >= 0.3 is 0 Å². The standard InChI is InChI=1S/C19H23N3O/c23-19(21-14-16-5-2-1-3-6-16)18-8-4-7-17(13-18)15-22-11-9-20-10-12-22/h1-8,13,20H,9-12,14-15H2,(H,21,23). The molecule has 2 N–H and O–H groups in total. The zero-order valence-corrected chi connectivity index (χ0v) is 13.3. The van der Waals surface area contributed by atoms with Crippen LogP contribution in [0.2, 0.25) is 0 Å². The molecule has 0 bridgehead atoms. The van der Waals surface area contributed by atoms with Gasteiger partial charge in [0.1, 0.15) is 0 Å². The number of carbonyl (C=O) groups excluding carboxylic acids is 1. The number of piperazine rings is 1. The lowest BCUT2D eigenvalue weighted by atomic mass is 10.1. The second kappa shape index (κ2) is 7.90. The van der Waals surface area contributed by atoms with Crippen LogP contribution in [-0.4, -0.2) is 37.0 Å². The van der Waals surface area contributed by atoms with Gasteiger partial charge in [-0.2, -0.15) is 0 Å². The quantitative estimate of drug-likeness (QED) is 0.888. The molecule has 23 heavy (non-hydrogen) atoms. The summed E-state index contributed by atoms with van der Waals surface area (Å²) in [6.07, 6.45) is 0. The van der Waals surface area contributed by atoms with Crippen LogP contribution in [0.25, 0.3) is 0 Å². The van der Waals surface area contributed by atoms with Crippen LogP contribution in [0.5, 0.6) is 0 Å². The first-order valence-electron chi connectivity index (χ1n) is 8.15. The first kappa shape index (κ1) is 15.7. The van der Waals surface area contributed by atoms with Crippen molar-refractivity contribution >= 4 is 5.91 Å². The molecule has 0 saturated carbocycles. The molecular formula is C19H23N3O. The van der Waals surface area contributed by atoms with E-state index >= 15 is 0 Å². The van der Waals surface area contributed by atoms with Crippen molar-refractivity contribution in [1.82, 2.24) is 15.5 Å². The van der Waals surface area contributed by atoms with Crippen LogP contribution in [0.3, 0.4) is 0 Å². The Morgan fingerprint density at radius 2 is 1.74 bits per heavy atom. The van der Waals surface area contributed by atoms with Gasteiger partial charge in [0, 0.05) is 44.8 Å². The van der Waals surface area contributed by atoms with E-state index in [1.807, 2.05) is 48.5 Å². The average molecular weight is 309 g/mol. The minimum absolute atomic E-state index is 0.0176. The lowest BCUT2D eigenvalue weighted by Crippen LogP contribution is -2.42. The van der Waals surface area contributed by atoms with E-state index < -0.39 is 0 Å². The number of amides is 1. The molecule has 1 heterocycles. The van der Waals surface area contributed by atoms with Crippen LogP contribution in [0.4, 0.5) is 0 Å². The zero-order valence-electron chi connectivity index (χ0n) is 13.3. The first-order valence-corrected chi connectivity index (χ1v) is 8.15. The number of benzene rings is 2. The monoisotopic (exact) mass is 309 g/mol. The summed E-state index contributed by atoms with van der Waals surface area (Å²) in [7, 11) is 0. The third kappa shape index (κ3) is 4.65. The maximum Gasteiger partial charge on any atom is 0.251 e. The molecule has 0 aromatic heterocycles. The number of hydrogen-bond donors (Lipinski definition) is 2. The second-order valence-corrected chi connectivity index (χ2v) is 5.89. The Kier molecular flexibility index (Phi) is 5.40. The van der Waals surface area contributed by atoms with E-state index in [0.29, 0.717) is 6.54 Å². The summed E-state index contributed by atoms with van der Waals surface area (Å²) in [6, 6.07) is 17.9. The van der Waals surface area contributed by atoms with Gasteiger partial charge in [-0.1, -0.05) is 42.5 Å². The Morgan fingerprint density at radius 1 is 1.00 bits per heavy atom. The van der Waals surface area contributed by atoms with Gasteiger partial charge in [-0.3, -0.25) is 9.69 Å². The number of hydrogen-bond acceptors (Lipinski definition) is 3. The molecule has 4 nitrogen and oxygen atoms in total. The van der Waals surface area contributed by atoms with E-state index in [-0.39, 0.29) is 5.91 Å². The van der Waals surface area contributed by atoms with Crippen LogP contribution >= 0.6 is 0 Å². The minimum Gasteiger partial charge on any atom is -0.348 e. The summed E-state index contributed by atoms with van der Waals surface area (Å²) >= 11 is 0. The Bertz CT molecular complexity index is 636. The lowest BCUT2D eigenvalue weighted by Gasteiger charge is -2.27. The molecule has 2 aromatic rings. The first-order chi connectivity index (χ1) is 11.3. The summed E-state index contributed by atoms with van der Waals surface area (Å²) < 4.78 is 0. The van der Waals surface area contributed by atoms with Gasteiger partial charge in [0.15, 0.2) is 0 Å².